The highest BCUT2D eigenvalue weighted by atomic mass is 16.7. The average Bonchev–Trinajstić information content (AvgIpc) is 2.86. The number of hydrogen-bond donors (Lipinski definition) is 2. The number of methoxy groups -OCH3 is 1. The minimum absolute atomic E-state index is 0.191. The standard InChI is InChI=1S/C24H39BN2O6/c1-15(2)13-18(27-21(29)31-22(3,4)5)20(28)26-16-11-12-17(19(14-16)30-10)25-32-23(6,7)24(8,9)33-25/h11-12,14-15,18H,13H2,1-10H3,(H,26,28)(H,27,29). The Labute approximate surface area is 198 Å². The number of rotatable bonds is 7. The van der Waals surface area contributed by atoms with Gasteiger partial charge in [0.1, 0.15) is 17.4 Å². The van der Waals surface area contributed by atoms with E-state index in [1.54, 1.807) is 40.0 Å². The monoisotopic (exact) mass is 462 g/mol. The van der Waals surface area contributed by atoms with Gasteiger partial charge in [-0.1, -0.05) is 19.9 Å². The van der Waals surface area contributed by atoms with Crippen molar-refractivity contribution in [3.05, 3.63) is 18.2 Å². The van der Waals surface area contributed by atoms with E-state index in [0.29, 0.717) is 17.9 Å². The summed E-state index contributed by atoms with van der Waals surface area (Å²) >= 11 is 0. The Morgan fingerprint density at radius 1 is 1.09 bits per heavy atom. The molecule has 2 amide bonds. The van der Waals surface area contributed by atoms with E-state index in [9.17, 15) is 9.59 Å². The van der Waals surface area contributed by atoms with Crippen molar-refractivity contribution in [2.75, 3.05) is 12.4 Å². The number of benzene rings is 1. The van der Waals surface area contributed by atoms with Gasteiger partial charge in [-0.25, -0.2) is 4.79 Å². The molecule has 0 radical (unpaired) electrons. The minimum atomic E-state index is -0.742. The van der Waals surface area contributed by atoms with Gasteiger partial charge < -0.3 is 29.4 Å². The average molecular weight is 462 g/mol. The van der Waals surface area contributed by atoms with Gasteiger partial charge in [0, 0.05) is 17.2 Å². The third kappa shape index (κ3) is 7.11. The Morgan fingerprint density at radius 3 is 2.15 bits per heavy atom. The molecule has 1 unspecified atom stereocenters. The molecule has 184 valence electrons. The van der Waals surface area contributed by atoms with Crippen molar-refractivity contribution in [1.29, 1.82) is 0 Å². The topological polar surface area (TPSA) is 95.1 Å². The van der Waals surface area contributed by atoms with E-state index in [0.717, 1.165) is 5.46 Å². The highest BCUT2D eigenvalue weighted by Gasteiger charge is 2.52. The molecule has 33 heavy (non-hydrogen) atoms. The van der Waals surface area contributed by atoms with Crippen molar-refractivity contribution in [3.63, 3.8) is 0 Å². The van der Waals surface area contributed by atoms with Crippen LogP contribution in [0, 0.1) is 5.92 Å². The molecule has 0 aromatic heterocycles. The quantitative estimate of drug-likeness (QED) is 0.598. The molecule has 1 fully saturated rings. The predicted octanol–water partition coefficient (Wildman–Crippen LogP) is 3.87. The fourth-order valence-corrected chi connectivity index (χ4v) is 3.34. The van der Waals surface area contributed by atoms with E-state index in [4.69, 9.17) is 18.8 Å². The number of carbonyl (C=O) groups excluding carboxylic acids is 2. The highest BCUT2D eigenvalue weighted by Crippen LogP contribution is 2.37. The van der Waals surface area contributed by atoms with Crippen LogP contribution >= 0.6 is 0 Å². The van der Waals surface area contributed by atoms with Gasteiger partial charge in [-0.3, -0.25) is 4.79 Å². The van der Waals surface area contributed by atoms with Crippen LogP contribution in [0.15, 0.2) is 18.2 Å². The van der Waals surface area contributed by atoms with Crippen LogP contribution in [-0.2, 0) is 18.8 Å². The van der Waals surface area contributed by atoms with E-state index in [-0.39, 0.29) is 11.8 Å². The first-order valence-electron chi connectivity index (χ1n) is 11.4. The largest absolute Gasteiger partial charge is 0.498 e. The van der Waals surface area contributed by atoms with E-state index in [1.807, 2.05) is 47.6 Å². The number of ether oxygens (including phenoxy) is 2. The summed E-state index contributed by atoms with van der Waals surface area (Å²) in [5.74, 6) is 0.391. The van der Waals surface area contributed by atoms with Gasteiger partial charge in [0.15, 0.2) is 0 Å². The van der Waals surface area contributed by atoms with Gasteiger partial charge in [0.2, 0.25) is 5.91 Å². The number of anilines is 1. The van der Waals surface area contributed by atoms with E-state index in [2.05, 4.69) is 10.6 Å². The molecule has 1 aromatic rings. The van der Waals surface area contributed by atoms with Gasteiger partial charge in [0.25, 0.3) is 0 Å². The molecule has 9 heteroatoms. The molecule has 1 aliphatic heterocycles. The van der Waals surface area contributed by atoms with Crippen molar-refractivity contribution >= 4 is 30.3 Å². The molecule has 2 rings (SSSR count). The second-order valence-corrected chi connectivity index (χ2v) is 10.9. The lowest BCUT2D eigenvalue weighted by Gasteiger charge is -2.32. The van der Waals surface area contributed by atoms with Gasteiger partial charge >= 0.3 is 13.2 Å². The molecule has 1 atom stereocenters. The molecular weight excluding hydrogens is 423 g/mol. The molecular formula is C24H39BN2O6. The normalized spacial score (nSPS) is 18.1. The maximum absolute atomic E-state index is 13.0. The van der Waals surface area contributed by atoms with Gasteiger partial charge in [-0.05, 0) is 66.9 Å². The summed E-state index contributed by atoms with van der Waals surface area (Å²) in [5, 5.41) is 5.55. The summed E-state index contributed by atoms with van der Waals surface area (Å²) in [6, 6.07) is 4.56. The van der Waals surface area contributed by atoms with Crippen molar-refractivity contribution in [3.8, 4) is 5.75 Å². The number of amides is 2. The lowest BCUT2D eigenvalue weighted by molar-refractivity contribution is -0.118. The Kier molecular flexibility index (Phi) is 8.12. The maximum Gasteiger partial charge on any atom is 0.498 e. The molecule has 1 aromatic carbocycles. The Balaban J connectivity index is 2.17. The third-order valence-corrected chi connectivity index (χ3v) is 5.72. The summed E-state index contributed by atoms with van der Waals surface area (Å²) in [6.45, 7) is 17.2. The third-order valence-electron chi connectivity index (χ3n) is 5.72. The maximum atomic E-state index is 13.0. The summed E-state index contributed by atoms with van der Waals surface area (Å²) in [4.78, 5) is 25.2. The molecule has 1 heterocycles. The second-order valence-electron chi connectivity index (χ2n) is 10.9. The van der Waals surface area contributed by atoms with Crippen molar-refractivity contribution in [2.45, 2.75) is 91.6 Å². The summed E-state index contributed by atoms with van der Waals surface area (Å²) in [6.07, 6.45) is -0.161. The van der Waals surface area contributed by atoms with Gasteiger partial charge in [-0.15, -0.1) is 0 Å². The smallest absolute Gasteiger partial charge is 0.497 e. The summed E-state index contributed by atoms with van der Waals surface area (Å²) in [7, 11) is 0.971. The van der Waals surface area contributed by atoms with Crippen LogP contribution in [0.25, 0.3) is 0 Å². The zero-order valence-electron chi connectivity index (χ0n) is 21.6. The fraction of sp³-hybridized carbons (Fsp3) is 0.667. The predicted molar refractivity (Wildman–Crippen MR) is 130 cm³/mol. The Hall–Kier alpha value is -2.26. The minimum Gasteiger partial charge on any atom is -0.497 e. The van der Waals surface area contributed by atoms with Crippen LogP contribution in [-0.4, -0.2) is 49.1 Å². The molecule has 0 saturated carbocycles. The van der Waals surface area contributed by atoms with Gasteiger partial charge in [-0.2, -0.15) is 0 Å². The summed E-state index contributed by atoms with van der Waals surface area (Å²) in [5.41, 5.74) is -0.337. The van der Waals surface area contributed by atoms with Crippen molar-refractivity contribution in [1.82, 2.24) is 5.32 Å². The first-order valence-corrected chi connectivity index (χ1v) is 11.4. The van der Waals surface area contributed by atoms with E-state index >= 15 is 0 Å². The van der Waals surface area contributed by atoms with Crippen molar-refractivity contribution < 1.29 is 28.4 Å². The lowest BCUT2D eigenvalue weighted by atomic mass is 9.78. The first kappa shape index (κ1) is 27.0. The number of nitrogens with one attached hydrogen (secondary N) is 2. The molecule has 0 aliphatic carbocycles. The molecule has 1 aliphatic rings. The lowest BCUT2D eigenvalue weighted by Crippen LogP contribution is -2.46. The number of hydrogen-bond acceptors (Lipinski definition) is 6. The Morgan fingerprint density at radius 2 is 1.67 bits per heavy atom. The van der Waals surface area contributed by atoms with Crippen LogP contribution in [0.1, 0.15) is 68.7 Å². The highest BCUT2D eigenvalue weighted by molar-refractivity contribution is 6.63. The number of carbonyl (C=O) groups is 2. The molecule has 2 N–H and O–H groups in total. The van der Waals surface area contributed by atoms with Crippen LogP contribution < -0.4 is 20.8 Å². The molecule has 0 spiro atoms. The van der Waals surface area contributed by atoms with Crippen LogP contribution in [0.4, 0.5) is 10.5 Å². The fourth-order valence-electron chi connectivity index (χ4n) is 3.34. The van der Waals surface area contributed by atoms with E-state index in [1.165, 1.54) is 0 Å². The van der Waals surface area contributed by atoms with Crippen LogP contribution in [0.5, 0.6) is 5.75 Å². The zero-order chi connectivity index (χ0) is 25.2. The van der Waals surface area contributed by atoms with Crippen LogP contribution in [0.2, 0.25) is 0 Å². The zero-order valence-corrected chi connectivity index (χ0v) is 21.6. The van der Waals surface area contributed by atoms with Crippen LogP contribution in [0.3, 0.4) is 0 Å². The summed E-state index contributed by atoms with van der Waals surface area (Å²) < 4.78 is 23.1. The Bertz CT molecular complexity index is 847. The first-order chi connectivity index (χ1) is 15.0. The molecule has 8 nitrogen and oxygen atoms in total. The molecule has 1 saturated heterocycles. The second kappa shape index (κ2) is 9.93. The van der Waals surface area contributed by atoms with E-state index < -0.39 is 36.1 Å². The van der Waals surface area contributed by atoms with Gasteiger partial charge in [0.05, 0.1) is 18.3 Å². The SMILES string of the molecule is COc1cc(NC(=O)C(CC(C)C)NC(=O)OC(C)(C)C)ccc1B1OC(C)(C)C(C)(C)O1. The number of alkyl carbamates (subject to hydrolysis) is 1. The molecule has 0 bridgehead atoms. The van der Waals surface area contributed by atoms with Crippen molar-refractivity contribution in [2.24, 2.45) is 5.92 Å².